The molecule has 2 rings (SSSR count). The first kappa shape index (κ1) is 14.1. The second-order valence-electron chi connectivity index (χ2n) is 5.07. The van der Waals surface area contributed by atoms with Crippen molar-refractivity contribution >= 4 is 21.7 Å². The molecule has 0 atom stereocenters. The summed E-state index contributed by atoms with van der Waals surface area (Å²) < 4.78 is 3.20. The fourth-order valence-electron chi connectivity index (χ4n) is 2.26. The van der Waals surface area contributed by atoms with Crippen LogP contribution in [-0.4, -0.2) is 9.55 Å². The molecule has 102 valence electrons. The lowest BCUT2D eigenvalue weighted by atomic mass is 10.1. The van der Waals surface area contributed by atoms with Crippen LogP contribution in [0.2, 0.25) is 0 Å². The van der Waals surface area contributed by atoms with Gasteiger partial charge >= 0.3 is 0 Å². The molecule has 19 heavy (non-hydrogen) atoms. The van der Waals surface area contributed by atoms with Crippen molar-refractivity contribution in [1.82, 2.24) is 9.55 Å². The number of nitrogens with two attached hydrogens (primary N) is 1. The number of hydrogen-bond donors (Lipinski definition) is 1. The zero-order valence-corrected chi connectivity index (χ0v) is 13.5. The number of nitrogens with zero attached hydrogens (tertiary/aromatic N) is 2. The Kier molecular flexibility index (Phi) is 3.99. The Balaban J connectivity index is 2.59. The number of nitrogen functional groups attached to an aromatic ring is 1. The number of aryl methyl sites for hydroxylation is 1. The molecule has 0 aliphatic heterocycles. The summed E-state index contributed by atoms with van der Waals surface area (Å²) in [6.45, 7) is 9.31. The SMILES string of the molecule is CCn1c(C(C)C)nc(-c2ccc(Br)c(C)c2)c1N. The first-order valence-electron chi connectivity index (χ1n) is 6.58. The number of rotatable bonds is 3. The molecular weight excluding hydrogens is 302 g/mol. The standard InChI is InChI=1S/C15H20BrN3/c1-5-19-14(17)13(18-15(19)9(2)3)11-6-7-12(16)10(4)8-11/h6-9H,5,17H2,1-4H3. The maximum absolute atomic E-state index is 6.26. The van der Waals surface area contributed by atoms with E-state index in [1.165, 1.54) is 5.56 Å². The Morgan fingerprint density at radius 3 is 2.53 bits per heavy atom. The maximum atomic E-state index is 6.26. The third-order valence-corrected chi connectivity index (χ3v) is 4.19. The molecule has 0 aliphatic rings. The van der Waals surface area contributed by atoms with Crippen molar-refractivity contribution in [1.29, 1.82) is 0 Å². The van der Waals surface area contributed by atoms with Gasteiger partial charge in [0.1, 0.15) is 17.3 Å². The number of hydrogen-bond acceptors (Lipinski definition) is 2. The Morgan fingerprint density at radius 1 is 1.37 bits per heavy atom. The van der Waals surface area contributed by atoms with Crippen molar-refractivity contribution in [3.8, 4) is 11.3 Å². The Bertz CT molecular complexity index is 600. The number of imidazole rings is 1. The van der Waals surface area contributed by atoms with Crippen LogP contribution in [0.25, 0.3) is 11.3 Å². The van der Waals surface area contributed by atoms with Crippen LogP contribution in [0.1, 0.15) is 38.1 Å². The molecule has 2 N–H and O–H groups in total. The highest BCUT2D eigenvalue weighted by Gasteiger charge is 2.17. The zero-order chi connectivity index (χ0) is 14.2. The summed E-state index contributed by atoms with van der Waals surface area (Å²) in [5, 5.41) is 0. The monoisotopic (exact) mass is 321 g/mol. The Morgan fingerprint density at radius 2 is 2.05 bits per heavy atom. The molecule has 4 heteroatoms. The van der Waals surface area contributed by atoms with Gasteiger partial charge in [-0.2, -0.15) is 0 Å². The summed E-state index contributed by atoms with van der Waals surface area (Å²) in [4.78, 5) is 4.74. The Hall–Kier alpha value is -1.29. The second kappa shape index (κ2) is 5.37. The lowest BCUT2D eigenvalue weighted by Crippen LogP contribution is -2.06. The molecule has 0 bridgehead atoms. The van der Waals surface area contributed by atoms with E-state index in [1.807, 2.05) is 6.07 Å². The third-order valence-electron chi connectivity index (χ3n) is 3.30. The molecule has 1 aromatic carbocycles. The number of anilines is 1. The summed E-state index contributed by atoms with van der Waals surface area (Å²) in [7, 11) is 0. The van der Waals surface area contributed by atoms with E-state index < -0.39 is 0 Å². The van der Waals surface area contributed by atoms with Crippen LogP contribution in [0.3, 0.4) is 0 Å². The molecule has 0 radical (unpaired) electrons. The van der Waals surface area contributed by atoms with Gasteiger partial charge in [-0.05, 0) is 31.5 Å². The van der Waals surface area contributed by atoms with Crippen LogP contribution in [0.4, 0.5) is 5.82 Å². The van der Waals surface area contributed by atoms with Gasteiger partial charge in [0.2, 0.25) is 0 Å². The third kappa shape index (κ3) is 2.54. The summed E-state index contributed by atoms with van der Waals surface area (Å²) in [6.07, 6.45) is 0. The van der Waals surface area contributed by atoms with Crippen molar-refractivity contribution < 1.29 is 0 Å². The maximum Gasteiger partial charge on any atom is 0.131 e. The van der Waals surface area contributed by atoms with Crippen molar-refractivity contribution in [3.63, 3.8) is 0 Å². The van der Waals surface area contributed by atoms with Gasteiger partial charge < -0.3 is 10.3 Å². The van der Waals surface area contributed by atoms with Gasteiger partial charge in [-0.15, -0.1) is 0 Å². The predicted molar refractivity (Wildman–Crippen MR) is 84.3 cm³/mol. The molecule has 0 saturated heterocycles. The molecule has 0 fully saturated rings. The highest BCUT2D eigenvalue weighted by atomic mass is 79.9. The van der Waals surface area contributed by atoms with Gasteiger partial charge in [0.25, 0.3) is 0 Å². The predicted octanol–water partition coefficient (Wildman–Crippen LogP) is 4.35. The quantitative estimate of drug-likeness (QED) is 0.913. The van der Waals surface area contributed by atoms with E-state index in [4.69, 9.17) is 10.7 Å². The minimum absolute atomic E-state index is 0.368. The number of benzene rings is 1. The summed E-state index contributed by atoms with van der Waals surface area (Å²) in [5.41, 5.74) is 9.42. The van der Waals surface area contributed by atoms with E-state index in [0.717, 1.165) is 33.9 Å². The highest BCUT2D eigenvalue weighted by molar-refractivity contribution is 9.10. The van der Waals surface area contributed by atoms with Crippen LogP contribution >= 0.6 is 15.9 Å². The van der Waals surface area contributed by atoms with E-state index >= 15 is 0 Å². The van der Waals surface area contributed by atoms with E-state index in [2.05, 4.69) is 60.3 Å². The van der Waals surface area contributed by atoms with Gasteiger partial charge in [0, 0.05) is 22.5 Å². The average molecular weight is 322 g/mol. The van der Waals surface area contributed by atoms with Gasteiger partial charge in [-0.1, -0.05) is 35.8 Å². The molecule has 1 heterocycles. The topological polar surface area (TPSA) is 43.8 Å². The highest BCUT2D eigenvalue weighted by Crippen LogP contribution is 2.31. The molecule has 0 spiro atoms. The van der Waals surface area contributed by atoms with Crippen LogP contribution in [0, 0.1) is 6.92 Å². The summed E-state index contributed by atoms with van der Waals surface area (Å²) in [6, 6.07) is 6.22. The molecule has 3 nitrogen and oxygen atoms in total. The smallest absolute Gasteiger partial charge is 0.131 e. The number of aromatic nitrogens is 2. The summed E-state index contributed by atoms with van der Waals surface area (Å²) in [5.74, 6) is 2.18. The van der Waals surface area contributed by atoms with Crippen LogP contribution in [-0.2, 0) is 6.54 Å². The van der Waals surface area contributed by atoms with Gasteiger partial charge in [0.15, 0.2) is 0 Å². The average Bonchev–Trinajstić information content (AvgIpc) is 2.70. The molecule has 0 aliphatic carbocycles. The van der Waals surface area contributed by atoms with Crippen LogP contribution in [0.15, 0.2) is 22.7 Å². The van der Waals surface area contributed by atoms with Crippen molar-refractivity contribution in [2.75, 3.05) is 5.73 Å². The number of halogens is 1. The molecule has 0 unspecified atom stereocenters. The Labute approximate surface area is 123 Å². The lowest BCUT2D eigenvalue weighted by Gasteiger charge is -2.08. The minimum Gasteiger partial charge on any atom is -0.383 e. The van der Waals surface area contributed by atoms with Crippen LogP contribution in [0.5, 0.6) is 0 Å². The van der Waals surface area contributed by atoms with Gasteiger partial charge in [-0.3, -0.25) is 0 Å². The molecule has 2 aromatic rings. The molecule has 0 saturated carbocycles. The van der Waals surface area contributed by atoms with Gasteiger partial charge in [0.05, 0.1) is 0 Å². The van der Waals surface area contributed by atoms with E-state index in [1.54, 1.807) is 0 Å². The fraction of sp³-hybridized carbons (Fsp3) is 0.400. The first-order chi connectivity index (χ1) is 8.95. The minimum atomic E-state index is 0.368. The molecular formula is C15H20BrN3. The second-order valence-corrected chi connectivity index (χ2v) is 5.92. The normalized spacial score (nSPS) is 11.3. The largest absolute Gasteiger partial charge is 0.383 e. The van der Waals surface area contributed by atoms with Gasteiger partial charge in [-0.25, -0.2) is 4.98 Å². The van der Waals surface area contributed by atoms with E-state index in [-0.39, 0.29) is 0 Å². The van der Waals surface area contributed by atoms with Crippen molar-refractivity contribution in [2.24, 2.45) is 0 Å². The summed E-state index contributed by atoms with van der Waals surface area (Å²) >= 11 is 3.52. The van der Waals surface area contributed by atoms with E-state index in [9.17, 15) is 0 Å². The van der Waals surface area contributed by atoms with Crippen molar-refractivity contribution in [2.45, 2.75) is 40.2 Å². The van der Waals surface area contributed by atoms with Crippen molar-refractivity contribution in [3.05, 3.63) is 34.1 Å². The molecule has 1 aromatic heterocycles. The lowest BCUT2D eigenvalue weighted by molar-refractivity contribution is 0.658. The molecule has 0 amide bonds. The fourth-order valence-corrected chi connectivity index (χ4v) is 2.51. The first-order valence-corrected chi connectivity index (χ1v) is 7.37. The zero-order valence-electron chi connectivity index (χ0n) is 11.9. The van der Waals surface area contributed by atoms with E-state index in [0.29, 0.717) is 5.92 Å². The van der Waals surface area contributed by atoms with Crippen LogP contribution < -0.4 is 5.73 Å².